The van der Waals surface area contributed by atoms with Gasteiger partial charge in [-0.2, -0.15) is 0 Å². The second kappa shape index (κ2) is 7.06. The number of carbonyl (C=O) groups is 2. The van der Waals surface area contributed by atoms with Crippen LogP contribution < -0.4 is 5.32 Å². The third-order valence-electron chi connectivity index (χ3n) is 3.91. The van der Waals surface area contributed by atoms with Gasteiger partial charge in [0, 0.05) is 13.6 Å². The highest BCUT2D eigenvalue weighted by Crippen LogP contribution is 2.24. The van der Waals surface area contributed by atoms with Crippen molar-refractivity contribution in [2.75, 3.05) is 0 Å². The van der Waals surface area contributed by atoms with E-state index in [-0.39, 0.29) is 12.4 Å². The second-order valence-electron chi connectivity index (χ2n) is 5.65. The Morgan fingerprint density at radius 3 is 2.68 bits per heavy atom. The van der Waals surface area contributed by atoms with Gasteiger partial charge in [-0.1, -0.05) is 12.1 Å². The van der Waals surface area contributed by atoms with Gasteiger partial charge in [0.2, 0.25) is 0 Å². The Bertz CT molecular complexity index is 914. The highest BCUT2D eigenvalue weighted by Gasteiger charge is 2.21. The molecule has 130 valence electrons. The van der Waals surface area contributed by atoms with Crippen LogP contribution in [0.15, 0.2) is 41.8 Å². The Kier molecular flexibility index (Phi) is 4.85. The monoisotopic (exact) mass is 360 g/mol. The summed E-state index contributed by atoms with van der Waals surface area (Å²) >= 11 is 1.54. The number of ether oxygens (including phenoxy) is 1. The van der Waals surface area contributed by atoms with E-state index in [0.29, 0.717) is 5.69 Å². The van der Waals surface area contributed by atoms with E-state index in [1.165, 1.54) is 30.4 Å². The number of benzene rings is 1. The minimum absolute atomic E-state index is 0.237. The number of thiophene rings is 1. The van der Waals surface area contributed by atoms with E-state index in [9.17, 15) is 14.0 Å². The lowest BCUT2D eigenvalue weighted by Crippen LogP contribution is -2.35. The fraction of sp³-hybridized carbons (Fsp3) is 0.222. The SMILES string of the molecule is C[C@@H](OC(=O)c1cc2sccc2n1C)C(=O)NCc1ccc(F)cc1. The number of aryl methyl sites for hydroxylation is 1. The molecular formula is C18H17FN2O3S. The van der Waals surface area contributed by atoms with Crippen molar-refractivity contribution in [1.82, 2.24) is 9.88 Å². The Balaban J connectivity index is 1.58. The summed E-state index contributed by atoms with van der Waals surface area (Å²) in [6.45, 7) is 1.75. The van der Waals surface area contributed by atoms with Gasteiger partial charge in [-0.25, -0.2) is 9.18 Å². The van der Waals surface area contributed by atoms with E-state index in [0.717, 1.165) is 15.8 Å². The van der Waals surface area contributed by atoms with Crippen molar-refractivity contribution in [1.29, 1.82) is 0 Å². The quantitative estimate of drug-likeness (QED) is 0.711. The average Bonchev–Trinajstić information content (AvgIpc) is 3.17. The zero-order chi connectivity index (χ0) is 18.0. The average molecular weight is 360 g/mol. The van der Waals surface area contributed by atoms with E-state index in [2.05, 4.69) is 5.32 Å². The van der Waals surface area contributed by atoms with Crippen LogP contribution in [0.3, 0.4) is 0 Å². The van der Waals surface area contributed by atoms with Crippen LogP contribution >= 0.6 is 11.3 Å². The third-order valence-corrected chi connectivity index (χ3v) is 4.76. The topological polar surface area (TPSA) is 60.3 Å². The number of hydrogen-bond acceptors (Lipinski definition) is 4. The summed E-state index contributed by atoms with van der Waals surface area (Å²) in [6, 6.07) is 9.51. The maximum absolute atomic E-state index is 12.9. The lowest BCUT2D eigenvalue weighted by atomic mass is 10.2. The molecule has 0 fully saturated rings. The van der Waals surface area contributed by atoms with Gasteiger partial charge < -0.3 is 14.6 Å². The molecule has 0 aliphatic rings. The van der Waals surface area contributed by atoms with Crippen LogP contribution in [0.2, 0.25) is 0 Å². The molecule has 3 aromatic rings. The maximum Gasteiger partial charge on any atom is 0.355 e. The molecule has 5 nitrogen and oxygen atoms in total. The van der Waals surface area contributed by atoms with E-state index >= 15 is 0 Å². The number of aromatic nitrogens is 1. The number of rotatable bonds is 5. The summed E-state index contributed by atoms with van der Waals surface area (Å²) in [5, 5.41) is 4.62. The van der Waals surface area contributed by atoms with Gasteiger partial charge in [-0.15, -0.1) is 11.3 Å². The smallest absolute Gasteiger partial charge is 0.355 e. The zero-order valence-electron chi connectivity index (χ0n) is 13.8. The molecule has 2 heterocycles. The number of nitrogens with zero attached hydrogens (tertiary/aromatic N) is 1. The van der Waals surface area contributed by atoms with Crippen molar-refractivity contribution in [3.05, 3.63) is 58.9 Å². The van der Waals surface area contributed by atoms with Gasteiger partial charge >= 0.3 is 5.97 Å². The number of fused-ring (bicyclic) bond motifs is 1. The van der Waals surface area contributed by atoms with Crippen LogP contribution in [0.1, 0.15) is 23.0 Å². The zero-order valence-corrected chi connectivity index (χ0v) is 14.6. The first-order valence-corrected chi connectivity index (χ1v) is 8.59. The number of hydrogen-bond donors (Lipinski definition) is 1. The molecule has 2 aromatic heterocycles. The van der Waals surface area contributed by atoms with Gasteiger partial charge in [-0.3, -0.25) is 4.79 Å². The van der Waals surface area contributed by atoms with E-state index < -0.39 is 18.0 Å². The predicted molar refractivity (Wildman–Crippen MR) is 93.9 cm³/mol. The summed E-state index contributed by atoms with van der Waals surface area (Å²) in [6.07, 6.45) is -0.930. The number of esters is 1. The van der Waals surface area contributed by atoms with Crippen molar-refractivity contribution >= 4 is 33.4 Å². The highest BCUT2D eigenvalue weighted by molar-refractivity contribution is 7.17. The van der Waals surface area contributed by atoms with Crippen molar-refractivity contribution < 1.29 is 18.7 Å². The molecule has 0 saturated carbocycles. The fourth-order valence-corrected chi connectivity index (χ4v) is 3.30. The van der Waals surface area contributed by atoms with E-state index in [4.69, 9.17) is 4.74 Å². The molecule has 1 aromatic carbocycles. The molecule has 0 radical (unpaired) electrons. The molecule has 0 aliphatic heterocycles. The van der Waals surface area contributed by atoms with Gasteiger partial charge in [-0.05, 0) is 42.1 Å². The van der Waals surface area contributed by atoms with Gasteiger partial charge in [0.15, 0.2) is 6.10 Å². The van der Waals surface area contributed by atoms with E-state index in [1.54, 1.807) is 29.8 Å². The summed E-state index contributed by atoms with van der Waals surface area (Å²) in [7, 11) is 1.78. The predicted octanol–water partition coefficient (Wildman–Crippen LogP) is 3.24. The third kappa shape index (κ3) is 3.71. The van der Waals surface area contributed by atoms with Crippen molar-refractivity contribution in [3.8, 4) is 0 Å². The van der Waals surface area contributed by atoms with Crippen molar-refractivity contribution in [2.45, 2.75) is 19.6 Å². The Morgan fingerprint density at radius 1 is 1.28 bits per heavy atom. The Hall–Kier alpha value is -2.67. The number of carbonyl (C=O) groups excluding carboxylic acids is 2. The summed E-state index contributed by atoms with van der Waals surface area (Å²) in [4.78, 5) is 24.4. The number of amides is 1. The van der Waals surface area contributed by atoms with Crippen LogP contribution in [0.4, 0.5) is 4.39 Å². The minimum Gasteiger partial charge on any atom is -0.448 e. The fourth-order valence-electron chi connectivity index (χ4n) is 2.46. The number of halogens is 1. The molecule has 25 heavy (non-hydrogen) atoms. The lowest BCUT2D eigenvalue weighted by Gasteiger charge is -2.14. The molecule has 1 atom stereocenters. The van der Waals surface area contributed by atoms with Gasteiger partial charge in [0.05, 0.1) is 10.2 Å². The first kappa shape index (κ1) is 17.2. The van der Waals surface area contributed by atoms with Gasteiger partial charge in [0.1, 0.15) is 11.5 Å². The van der Waals surface area contributed by atoms with Crippen LogP contribution in [0.25, 0.3) is 10.2 Å². The molecule has 0 bridgehead atoms. The standard InChI is InChI=1S/C18H17FN2O3S/c1-11(17(22)20-10-12-3-5-13(19)6-4-12)24-18(23)15-9-16-14(21(15)2)7-8-25-16/h3-9,11H,10H2,1-2H3,(H,20,22)/t11-/m1/s1. The normalized spacial score (nSPS) is 12.1. The summed E-state index contributed by atoms with van der Waals surface area (Å²) < 4.78 is 20.9. The van der Waals surface area contributed by atoms with Gasteiger partial charge in [0.25, 0.3) is 5.91 Å². The molecular weight excluding hydrogens is 343 g/mol. The summed E-state index contributed by atoms with van der Waals surface area (Å²) in [5.74, 6) is -1.29. The minimum atomic E-state index is -0.930. The number of nitrogens with one attached hydrogen (secondary N) is 1. The molecule has 0 saturated heterocycles. The van der Waals surface area contributed by atoms with Crippen LogP contribution in [0, 0.1) is 5.82 Å². The van der Waals surface area contributed by atoms with Crippen molar-refractivity contribution in [2.24, 2.45) is 7.05 Å². The summed E-state index contributed by atoms with van der Waals surface area (Å²) in [5.41, 5.74) is 2.11. The first-order chi connectivity index (χ1) is 12.0. The molecule has 0 unspecified atom stereocenters. The largest absolute Gasteiger partial charge is 0.448 e. The molecule has 0 spiro atoms. The molecule has 1 N–H and O–H groups in total. The highest BCUT2D eigenvalue weighted by atomic mass is 32.1. The lowest BCUT2D eigenvalue weighted by molar-refractivity contribution is -0.129. The van der Waals surface area contributed by atoms with Crippen LogP contribution in [-0.4, -0.2) is 22.5 Å². The van der Waals surface area contributed by atoms with Crippen molar-refractivity contribution in [3.63, 3.8) is 0 Å². The molecule has 1 amide bonds. The maximum atomic E-state index is 12.9. The molecule has 0 aliphatic carbocycles. The Labute approximate surface area is 148 Å². The molecule has 3 rings (SSSR count). The van der Waals surface area contributed by atoms with Crippen LogP contribution in [-0.2, 0) is 23.1 Å². The molecule has 7 heteroatoms. The van der Waals surface area contributed by atoms with E-state index in [1.807, 2.05) is 11.4 Å². The van der Waals surface area contributed by atoms with Crippen LogP contribution in [0.5, 0.6) is 0 Å². The first-order valence-electron chi connectivity index (χ1n) is 7.72. The second-order valence-corrected chi connectivity index (χ2v) is 6.60. The Morgan fingerprint density at radius 2 is 2.00 bits per heavy atom.